The average Bonchev–Trinajstić information content (AvgIpc) is 3.49. The summed E-state index contributed by atoms with van der Waals surface area (Å²) < 4.78 is 31.7. The number of hydrogen-bond donors (Lipinski definition) is 3. The minimum absolute atomic E-state index is 0.0688. The molecule has 2 aliphatic heterocycles. The molecule has 6 rings (SSSR count). The number of benzene rings is 2. The van der Waals surface area contributed by atoms with Crippen LogP contribution in [0.15, 0.2) is 48.7 Å². The van der Waals surface area contributed by atoms with Crippen molar-refractivity contribution in [2.45, 2.75) is 63.6 Å². The van der Waals surface area contributed by atoms with Crippen LogP contribution in [0.3, 0.4) is 0 Å². The second-order valence-corrected chi connectivity index (χ2v) is 14.3. The van der Waals surface area contributed by atoms with Gasteiger partial charge in [-0.2, -0.15) is 13.2 Å². The van der Waals surface area contributed by atoms with Gasteiger partial charge in [-0.15, -0.1) is 0 Å². The van der Waals surface area contributed by atoms with Gasteiger partial charge in [-0.1, -0.05) is 56.0 Å². The molecular weight excluding hydrogens is 659 g/mol. The number of aromatic nitrogens is 1. The zero-order valence-corrected chi connectivity index (χ0v) is 28.9. The topological polar surface area (TPSA) is 109 Å². The number of alkyl halides is 3. The summed E-state index contributed by atoms with van der Waals surface area (Å²) in [6.07, 6.45) is 3.87. The van der Waals surface area contributed by atoms with Gasteiger partial charge in [-0.05, 0) is 86.5 Å². The van der Waals surface area contributed by atoms with Crippen LogP contribution in [0.25, 0.3) is 10.9 Å². The number of nitrogens with one attached hydrogen (secondary N) is 2. The summed E-state index contributed by atoms with van der Waals surface area (Å²) in [5, 5.41) is 12.2. The van der Waals surface area contributed by atoms with E-state index in [4.69, 9.17) is 21.5 Å². The van der Waals surface area contributed by atoms with Crippen molar-refractivity contribution in [2.75, 3.05) is 45.2 Å². The van der Waals surface area contributed by atoms with Crippen molar-refractivity contribution in [1.82, 2.24) is 20.1 Å². The third-order valence-corrected chi connectivity index (χ3v) is 10.4. The molecule has 1 saturated carbocycles. The SMILES string of the molecule is CC(c1c[nH]c2ccccc12)C(NC(=O)N1CCC2CCCCC2C1)C(=O)N1C[C@@H](CN(C)C)Cc2cc(Cl)ccc21.O=C(O)C(F)(F)F. The Morgan fingerprint density at radius 3 is 2.45 bits per heavy atom. The Bertz CT molecular complexity index is 1650. The van der Waals surface area contributed by atoms with E-state index in [0.29, 0.717) is 17.5 Å². The first-order valence-corrected chi connectivity index (χ1v) is 17.3. The summed E-state index contributed by atoms with van der Waals surface area (Å²) in [5.74, 6) is -1.50. The first-order valence-electron chi connectivity index (χ1n) is 16.9. The minimum Gasteiger partial charge on any atom is -0.475 e. The molecule has 1 aliphatic carbocycles. The lowest BCUT2D eigenvalue weighted by Crippen LogP contribution is -2.57. The number of nitrogens with zero attached hydrogens (tertiary/aromatic N) is 3. The maximum absolute atomic E-state index is 14.7. The highest BCUT2D eigenvalue weighted by molar-refractivity contribution is 6.30. The summed E-state index contributed by atoms with van der Waals surface area (Å²) in [4.78, 5) is 47.0. The predicted octanol–water partition coefficient (Wildman–Crippen LogP) is 6.92. The molecule has 0 radical (unpaired) electrons. The Morgan fingerprint density at radius 2 is 1.76 bits per heavy atom. The number of carboxylic acids is 1. The van der Waals surface area contributed by atoms with E-state index in [9.17, 15) is 22.8 Å². The number of carbonyl (C=O) groups is 3. The van der Waals surface area contributed by atoms with E-state index in [1.54, 1.807) is 0 Å². The zero-order valence-electron chi connectivity index (χ0n) is 28.1. The van der Waals surface area contributed by atoms with Gasteiger partial charge in [0.15, 0.2) is 0 Å². The molecule has 3 aromatic rings. The van der Waals surface area contributed by atoms with Gasteiger partial charge >= 0.3 is 18.2 Å². The van der Waals surface area contributed by atoms with Crippen molar-refractivity contribution >= 4 is 46.1 Å². The number of aromatic amines is 1. The second-order valence-electron chi connectivity index (χ2n) is 13.9. The Kier molecular flexibility index (Phi) is 11.5. The van der Waals surface area contributed by atoms with E-state index in [1.807, 2.05) is 52.4 Å². The minimum atomic E-state index is -5.08. The molecule has 266 valence electrons. The Balaban J connectivity index is 0.000000606. The normalized spacial score (nSPS) is 22.0. The molecule has 1 aromatic heterocycles. The Labute approximate surface area is 289 Å². The number of likely N-dealkylation sites (tertiary alicyclic amines) is 1. The number of anilines is 1. The molecular formula is C36H45ClF3N5O4. The number of fused-ring (bicyclic) bond motifs is 3. The van der Waals surface area contributed by atoms with Crippen LogP contribution in [0.5, 0.6) is 0 Å². The fourth-order valence-corrected chi connectivity index (χ4v) is 7.98. The van der Waals surface area contributed by atoms with Gasteiger partial charge in [0.25, 0.3) is 0 Å². The maximum Gasteiger partial charge on any atom is 0.490 e. The number of para-hydroxylation sites is 1. The van der Waals surface area contributed by atoms with Gasteiger partial charge in [0.1, 0.15) is 6.04 Å². The monoisotopic (exact) mass is 703 g/mol. The second kappa shape index (κ2) is 15.4. The molecule has 1 saturated heterocycles. The van der Waals surface area contributed by atoms with Crippen LogP contribution in [-0.4, -0.2) is 90.3 Å². The molecule has 5 atom stereocenters. The van der Waals surface area contributed by atoms with Gasteiger partial charge in [0.2, 0.25) is 5.91 Å². The maximum atomic E-state index is 14.7. The van der Waals surface area contributed by atoms with Crippen molar-refractivity contribution in [3.05, 3.63) is 64.8 Å². The highest BCUT2D eigenvalue weighted by atomic mass is 35.5. The van der Waals surface area contributed by atoms with Crippen LogP contribution < -0.4 is 10.2 Å². The zero-order chi connectivity index (χ0) is 35.5. The molecule has 4 unspecified atom stereocenters. The van der Waals surface area contributed by atoms with Gasteiger partial charge in [0, 0.05) is 59.9 Å². The summed E-state index contributed by atoms with van der Waals surface area (Å²) in [7, 11) is 4.13. The van der Waals surface area contributed by atoms with E-state index in [1.165, 1.54) is 25.7 Å². The Morgan fingerprint density at radius 1 is 1.06 bits per heavy atom. The first-order chi connectivity index (χ1) is 23.2. The molecule has 3 aliphatic rings. The van der Waals surface area contributed by atoms with Crippen molar-refractivity contribution in [2.24, 2.45) is 17.8 Å². The molecule has 13 heteroatoms. The summed E-state index contributed by atoms with van der Waals surface area (Å²) in [6, 6.07) is 13.1. The third kappa shape index (κ3) is 8.70. The fraction of sp³-hybridized carbons (Fsp3) is 0.528. The van der Waals surface area contributed by atoms with E-state index in [2.05, 4.69) is 42.3 Å². The van der Waals surface area contributed by atoms with Gasteiger partial charge in [0.05, 0.1) is 0 Å². The lowest BCUT2D eigenvalue weighted by molar-refractivity contribution is -0.192. The number of urea groups is 1. The van der Waals surface area contributed by atoms with Crippen LogP contribution in [0.4, 0.5) is 23.7 Å². The molecule has 49 heavy (non-hydrogen) atoms. The van der Waals surface area contributed by atoms with Crippen molar-refractivity contribution in [3.8, 4) is 0 Å². The van der Waals surface area contributed by atoms with Crippen LogP contribution in [0.1, 0.15) is 56.1 Å². The number of aliphatic carboxylic acids is 1. The number of carboxylic acid groups (broad SMARTS) is 1. The van der Waals surface area contributed by atoms with Crippen molar-refractivity contribution in [1.29, 1.82) is 0 Å². The standard InChI is InChI=1S/C34H44ClN5O2.C2HF3O2/c1-22(29-18-36-30-11-7-6-10-28(29)30)32(37-34(42)39-15-14-24-8-4-5-9-25(24)21-39)33(41)40-20-23(19-38(2)3)16-26-17-27(35)12-13-31(26)40;3-2(4,5)1(6)7/h6-7,10-13,17-18,22-25,32,36H,4-5,8-9,14-16,19-21H2,1-3H3,(H,37,42);(H,6,7)/t22?,23-,24?,25?,32?;/m1./s1. The van der Waals surface area contributed by atoms with Gasteiger partial charge in [-0.25, -0.2) is 9.59 Å². The number of hydrogen-bond acceptors (Lipinski definition) is 4. The van der Waals surface area contributed by atoms with Crippen LogP contribution >= 0.6 is 11.6 Å². The predicted molar refractivity (Wildman–Crippen MR) is 184 cm³/mol. The number of carbonyl (C=O) groups excluding carboxylic acids is 2. The first kappa shape index (κ1) is 36.5. The van der Waals surface area contributed by atoms with Crippen LogP contribution in [0, 0.1) is 17.8 Å². The highest BCUT2D eigenvalue weighted by Gasteiger charge is 2.40. The van der Waals surface area contributed by atoms with E-state index in [-0.39, 0.29) is 23.8 Å². The van der Waals surface area contributed by atoms with E-state index in [0.717, 1.165) is 66.1 Å². The van der Waals surface area contributed by atoms with E-state index < -0.39 is 18.2 Å². The largest absolute Gasteiger partial charge is 0.490 e. The molecule has 3 amide bonds. The summed E-state index contributed by atoms with van der Waals surface area (Å²) >= 11 is 6.42. The van der Waals surface area contributed by atoms with Crippen LogP contribution in [-0.2, 0) is 16.0 Å². The molecule has 3 heterocycles. The lowest BCUT2D eigenvalue weighted by atomic mass is 9.75. The average molecular weight is 704 g/mol. The van der Waals surface area contributed by atoms with Crippen molar-refractivity contribution < 1.29 is 32.7 Å². The highest BCUT2D eigenvalue weighted by Crippen LogP contribution is 2.37. The van der Waals surface area contributed by atoms with Crippen molar-refractivity contribution in [3.63, 3.8) is 0 Å². The Hall–Kier alpha value is -3.77. The summed E-state index contributed by atoms with van der Waals surface area (Å²) in [6.45, 7) is 5.07. The van der Waals surface area contributed by atoms with Crippen LogP contribution in [0.2, 0.25) is 5.02 Å². The lowest BCUT2D eigenvalue weighted by Gasteiger charge is -2.42. The number of piperidine rings is 1. The van der Waals surface area contributed by atoms with E-state index >= 15 is 0 Å². The molecule has 3 N–H and O–H groups in total. The number of H-pyrrole nitrogens is 1. The van der Waals surface area contributed by atoms with Gasteiger partial charge in [-0.3, -0.25) is 4.79 Å². The molecule has 0 bridgehead atoms. The molecule has 2 fully saturated rings. The number of amides is 3. The smallest absolute Gasteiger partial charge is 0.475 e. The molecule has 0 spiro atoms. The fourth-order valence-electron chi connectivity index (χ4n) is 7.79. The molecule has 9 nitrogen and oxygen atoms in total. The van der Waals surface area contributed by atoms with Gasteiger partial charge < -0.3 is 30.1 Å². The summed E-state index contributed by atoms with van der Waals surface area (Å²) in [5.41, 5.74) is 4.04. The molecule has 2 aromatic carbocycles. The number of halogens is 4. The third-order valence-electron chi connectivity index (χ3n) is 10.1. The number of rotatable bonds is 6. The quantitative estimate of drug-likeness (QED) is 0.259.